The van der Waals surface area contributed by atoms with Crippen LogP contribution in [0.25, 0.3) is 0 Å². The summed E-state index contributed by atoms with van der Waals surface area (Å²) in [5.41, 5.74) is 0. The van der Waals surface area contributed by atoms with Crippen molar-refractivity contribution < 1.29 is 19.1 Å². The Morgan fingerprint density at radius 2 is 1.97 bits per heavy atom. The van der Waals surface area contributed by atoms with E-state index in [1.165, 1.54) is 0 Å². The van der Waals surface area contributed by atoms with Gasteiger partial charge in [0.1, 0.15) is 11.8 Å². The minimum Gasteiger partial charge on any atom is -0.481 e. The number of ether oxygens (including phenoxy) is 2. The molecule has 1 aromatic rings. The zero-order valence-corrected chi connectivity index (χ0v) is 18.1. The highest BCUT2D eigenvalue weighted by atomic mass is 32.2. The fourth-order valence-electron chi connectivity index (χ4n) is 3.58. The molecule has 3 rings (SSSR count). The zero-order chi connectivity index (χ0) is 20.6. The number of carbonyl (C=O) groups is 2. The molecule has 0 spiro atoms. The molecule has 2 amide bonds. The first-order valence-electron chi connectivity index (χ1n) is 10.3. The Labute approximate surface area is 177 Å². The maximum Gasteiger partial charge on any atom is 0.261 e. The highest BCUT2D eigenvalue weighted by molar-refractivity contribution is 7.98. The minimum atomic E-state index is -0.661. The SMILES string of the molecule is CSc1ccc(O[C@@H](C)C(=O)N[C@H]2CCCN(CCN3CCOCC3)C2=O)cc1. The van der Waals surface area contributed by atoms with Crippen LogP contribution in [0, 0.1) is 0 Å². The van der Waals surface area contributed by atoms with Crippen molar-refractivity contribution in [3.05, 3.63) is 24.3 Å². The molecular weight excluding hydrogens is 390 g/mol. The average Bonchev–Trinajstić information content (AvgIpc) is 2.75. The largest absolute Gasteiger partial charge is 0.481 e. The molecule has 29 heavy (non-hydrogen) atoms. The second kappa shape index (κ2) is 10.8. The normalized spacial score (nSPS) is 21.7. The highest BCUT2D eigenvalue weighted by Gasteiger charge is 2.31. The summed E-state index contributed by atoms with van der Waals surface area (Å²) in [7, 11) is 0. The van der Waals surface area contributed by atoms with Gasteiger partial charge in [-0.1, -0.05) is 0 Å². The summed E-state index contributed by atoms with van der Waals surface area (Å²) >= 11 is 1.65. The number of carbonyl (C=O) groups excluding carboxylic acids is 2. The number of rotatable bonds is 8. The van der Waals surface area contributed by atoms with Gasteiger partial charge in [0.15, 0.2) is 6.10 Å². The summed E-state index contributed by atoms with van der Waals surface area (Å²) in [6.45, 7) is 7.34. The summed E-state index contributed by atoms with van der Waals surface area (Å²) in [5.74, 6) is 0.397. The second-order valence-corrected chi connectivity index (χ2v) is 8.30. The number of morpholine rings is 1. The average molecular weight is 422 g/mol. The van der Waals surface area contributed by atoms with E-state index in [4.69, 9.17) is 9.47 Å². The number of piperidine rings is 1. The Morgan fingerprint density at radius 3 is 2.66 bits per heavy atom. The van der Waals surface area contributed by atoms with E-state index in [0.29, 0.717) is 18.7 Å². The van der Waals surface area contributed by atoms with E-state index in [9.17, 15) is 9.59 Å². The number of likely N-dealkylation sites (tertiary alicyclic amines) is 1. The lowest BCUT2D eigenvalue weighted by Gasteiger charge is -2.35. The Balaban J connectivity index is 1.47. The molecule has 0 radical (unpaired) electrons. The standard InChI is InChI=1S/C21H31N3O4S/c1-16(28-17-5-7-18(29-2)8-6-17)20(25)22-19-4-3-9-24(21(19)26)11-10-23-12-14-27-15-13-23/h5-8,16,19H,3-4,9-15H2,1-2H3,(H,22,25)/t16-,19-/m0/s1. The maximum atomic E-state index is 12.8. The van der Waals surface area contributed by atoms with Gasteiger partial charge in [-0.3, -0.25) is 14.5 Å². The molecule has 2 aliphatic heterocycles. The van der Waals surface area contributed by atoms with E-state index in [-0.39, 0.29) is 11.8 Å². The van der Waals surface area contributed by atoms with Gasteiger partial charge in [-0.15, -0.1) is 11.8 Å². The highest BCUT2D eigenvalue weighted by Crippen LogP contribution is 2.20. The van der Waals surface area contributed by atoms with Crippen molar-refractivity contribution in [2.45, 2.75) is 36.8 Å². The molecule has 0 saturated carbocycles. The molecule has 1 N–H and O–H groups in total. The van der Waals surface area contributed by atoms with Gasteiger partial charge in [0.25, 0.3) is 5.91 Å². The van der Waals surface area contributed by atoms with Gasteiger partial charge < -0.3 is 19.7 Å². The summed E-state index contributed by atoms with van der Waals surface area (Å²) in [4.78, 5) is 30.7. The third-order valence-corrected chi connectivity index (χ3v) is 6.12. The minimum absolute atomic E-state index is 0.00869. The number of amides is 2. The molecule has 2 aliphatic rings. The Hall–Kier alpha value is -1.77. The van der Waals surface area contributed by atoms with Crippen molar-refractivity contribution in [2.24, 2.45) is 0 Å². The molecular formula is C21H31N3O4S. The maximum absolute atomic E-state index is 12.8. The lowest BCUT2D eigenvalue weighted by molar-refractivity contribution is -0.140. The van der Waals surface area contributed by atoms with Crippen LogP contribution < -0.4 is 10.1 Å². The Bertz CT molecular complexity index is 679. The molecule has 0 bridgehead atoms. The Kier molecular flexibility index (Phi) is 8.20. The number of thioether (sulfide) groups is 1. The summed E-state index contributed by atoms with van der Waals surface area (Å²) in [6, 6.07) is 7.16. The third-order valence-electron chi connectivity index (χ3n) is 5.38. The molecule has 0 aromatic heterocycles. The molecule has 160 valence electrons. The van der Waals surface area contributed by atoms with E-state index < -0.39 is 12.1 Å². The number of nitrogens with zero attached hydrogens (tertiary/aromatic N) is 2. The molecule has 0 unspecified atom stereocenters. The first-order chi connectivity index (χ1) is 14.1. The van der Waals surface area contributed by atoms with Crippen LogP contribution in [0.1, 0.15) is 19.8 Å². The van der Waals surface area contributed by atoms with Crippen molar-refractivity contribution in [1.29, 1.82) is 0 Å². The predicted octanol–water partition coefficient (Wildman–Crippen LogP) is 1.62. The number of hydrogen-bond acceptors (Lipinski definition) is 6. The Morgan fingerprint density at radius 1 is 1.24 bits per heavy atom. The second-order valence-electron chi connectivity index (χ2n) is 7.42. The van der Waals surface area contributed by atoms with Crippen molar-refractivity contribution in [3.63, 3.8) is 0 Å². The first kappa shape index (κ1) is 21.9. The van der Waals surface area contributed by atoms with Gasteiger partial charge in [-0.25, -0.2) is 0 Å². The summed E-state index contributed by atoms with van der Waals surface area (Å²) in [6.07, 6.45) is 2.92. The summed E-state index contributed by atoms with van der Waals surface area (Å²) < 4.78 is 11.1. The predicted molar refractivity (Wildman–Crippen MR) is 113 cm³/mol. The van der Waals surface area contributed by atoms with Crippen LogP contribution in [0.5, 0.6) is 5.75 Å². The van der Waals surface area contributed by atoms with Crippen molar-refractivity contribution in [2.75, 3.05) is 52.2 Å². The summed E-state index contributed by atoms with van der Waals surface area (Å²) in [5, 5.41) is 2.89. The van der Waals surface area contributed by atoms with Crippen LogP contribution in [-0.2, 0) is 14.3 Å². The van der Waals surface area contributed by atoms with E-state index in [2.05, 4.69) is 10.2 Å². The van der Waals surface area contributed by atoms with Gasteiger partial charge in [0.05, 0.1) is 13.2 Å². The zero-order valence-electron chi connectivity index (χ0n) is 17.3. The molecule has 2 fully saturated rings. The van der Waals surface area contributed by atoms with E-state index in [1.54, 1.807) is 18.7 Å². The van der Waals surface area contributed by atoms with E-state index >= 15 is 0 Å². The lowest BCUT2D eigenvalue weighted by atomic mass is 10.0. The van der Waals surface area contributed by atoms with Gasteiger partial charge in [-0.05, 0) is 50.3 Å². The van der Waals surface area contributed by atoms with Crippen molar-refractivity contribution in [1.82, 2.24) is 15.1 Å². The molecule has 1 aromatic carbocycles. The monoisotopic (exact) mass is 421 g/mol. The van der Waals surface area contributed by atoms with Crippen molar-refractivity contribution in [3.8, 4) is 5.75 Å². The van der Waals surface area contributed by atoms with Gasteiger partial charge >= 0.3 is 0 Å². The molecule has 2 saturated heterocycles. The van der Waals surface area contributed by atoms with E-state index in [0.717, 1.165) is 50.7 Å². The smallest absolute Gasteiger partial charge is 0.261 e. The van der Waals surface area contributed by atoms with Crippen LogP contribution in [0.2, 0.25) is 0 Å². The first-order valence-corrected chi connectivity index (χ1v) is 11.5. The van der Waals surface area contributed by atoms with Crippen LogP contribution in [-0.4, -0.2) is 86.0 Å². The van der Waals surface area contributed by atoms with E-state index in [1.807, 2.05) is 35.4 Å². The molecule has 0 aliphatic carbocycles. The van der Waals surface area contributed by atoms with Gasteiger partial charge in [0.2, 0.25) is 5.91 Å². The quantitative estimate of drug-likeness (QED) is 0.643. The third kappa shape index (κ3) is 6.35. The van der Waals surface area contributed by atoms with Gasteiger partial charge in [0, 0.05) is 37.6 Å². The van der Waals surface area contributed by atoms with Crippen LogP contribution >= 0.6 is 11.8 Å². The van der Waals surface area contributed by atoms with Crippen LogP contribution in [0.15, 0.2) is 29.2 Å². The van der Waals surface area contributed by atoms with Crippen LogP contribution in [0.4, 0.5) is 0 Å². The molecule has 2 atom stereocenters. The fraction of sp³-hybridized carbons (Fsp3) is 0.619. The number of hydrogen-bond donors (Lipinski definition) is 1. The fourth-order valence-corrected chi connectivity index (χ4v) is 3.99. The molecule has 8 heteroatoms. The lowest BCUT2D eigenvalue weighted by Crippen LogP contribution is -2.55. The topological polar surface area (TPSA) is 71.1 Å². The van der Waals surface area contributed by atoms with Crippen molar-refractivity contribution >= 4 is 23.6 Å². The molecule has 7 nitrogen and oxygen atoms in total. The van der Waals surface area contributed by atoms with Gasteiger partial charge in [-0.2, -0.15) is 0 Å². The molecule has 2 heterocycles. The van der Waals surface area contributed by atoms with Crippen LogP contribution in [0.3, 0.4) is 0 Å². The number of benzene rings is 1. The number of nitrogens with one attached hydrogen (secondary N) is 1.